The fraction of sp³-hybridized carbons (Fsp3) is 0.474. The average molecular weight is 442 g/mol. The maximum Gasteiger partial charge on any atom is 0.348 e. The first-order chi connectivity index (χ1) is 13.6. The summed E-state index contributed by atoms with van der Waals surface area (Å²) in [5.74, 6) is -1.48. The van der Waals surface area contributed by atoms with Gasteiger partial charge in [-0.25, -0.2) is 9.59 Å². The number of anilines is 1. The number of rotatable bonds is 8. The first-order valence-electron chi connectivity index (χ1n) is 9.14. The van der Waals surface area contributed by atoms with E-state index < -0.39 is 11.9 Å². The molecule has 0 atom stereocenters. The number of amides is 1. The van der Waals surface area contributed by atoms with Crippen LogP contribution in [-0.2, 0) is 20.8 Å². The highest BCUT2D eigenvalue weighted by Crippen LogP contribution is 2.34. The Balaban J connectivity index is 2.22. The molecule has 2 aromatic heterocycles. The van der Waals surface area contributed by atoms with Gasteiger partial charge >= 0.3 is 11.9 Å². The van der Waals surface area contributed by atoms with Gasteiger partial charge in [0.05, 0.1) is 29.0 Å². The molecular weight excluding hydrogens is 418 g/mol. The van der Waals surface area contributed by atoms with Gasteiger partial charge in [0.15, 0.2) is 0 Å². The third-order valence-electron chi connectivity index (χ3n) is 3.86. The Bertz CT molecular complexity index is 900. The molecule has 0 aliphatic rings. The van der Waals surface area contributed by atoms with Crippen LogP contribution in [0, 0.1) is 13.8 Å². The zero-order valence-corrected chi connectivity index (χ0v) is 18.6. The molecule has 0 aromatic carbocycles. The number of hydrogen-bond donors (Lipinski definition) is 1. The molecule has 2 heterocycles. The van der Waals surface area contributed by atoms with Gasteiger partial charge in [-0.05, 0) is 40.2 Å². The molecule has 0 fully saturated rings. The van der Waals surface area contributed by atoms with Crippen LogP contribution in [0.1, 0.15) is 58.5 Å². The topological polar surface area (TPSA) is 99.5 Å². The van der Waals surface area contributed by atoms with Crippen LogP contribution >= 0.6 is 22.9 Å². The first kappa shape index (κ1) is 22.9. The molecule has 0 aliphatic heterocycles. The van der Waals surface area contributed by atoms with Crippen molar-refractivity contribution >= 4 is 45.8 Å². The summed E-state index contributed by atoms with van der Waals surface area (Å²) in [6.07, 6.45) is 1.41. The number of carbonyl (C=O) groups excluding carboxylic acids is 3. The van der Waals surface area contributed by atoms with E-state index in [0.29, 0.717) is 22.8 Å². The molecular formula is C19H24ClN3O5S. The predicted molar refractivity (Wildman–Crippen MR) is 111 cm³/mol. The summed E-state index contributed by atoms with van der Waals surface area (Å²) in [6.45, 7) is 9.07. The molecule has 0 saturated heterocycles. The van der Waals surface area contributed by atoms with Crippen molar-refractivity contribution in [2.45, 2.75) is 53.7 Å². The van der Waals surface area contributed by atoms with E-state index in [1.165, 1.54) is 0 Å². The smallest absolute Gasteiger partial charge is 0.348 e. The first-order valence-corrected chi connectivity index (χ1v) is 10.3. The molecule has 10 heteroatoms. The fourth-order valence-corrected chi connectivity index (χ4v) is 3.78. The number of nitrogens with one attached hydrogen (secondary N) is 1. The zero-order valence-electron chi connectivity index (χ0n) is 17.0. The van der Waals surface area contributed by atoms with Crippen LogP contribution in [0.4, 0.5) is 5.00 Å². The Morgan fingerprint density at radius 3 is 2.52 bits per heavy atom. The molecule has 0 radical (unpaired) electrons. The average Bonchev–Trinajstić information content (AvgIpc) is 3.12. The van der Waals surface area contributed by atoms with Gasteiger partial charge in [0.25, 0.3) is 0 Å². The van der Waals surface area contributed by atoms with Gasteiger partial charge in [0.1, 0.15) is 9.88 Å². The molecule has 0 spiro atoms. The van der Waals surface area contributed by atoms with Crippen LogP contribution in [0.15, 0.2) is 6.20 Å². The third-order valence-corrected chi connectivity index (χ3v) is 5.42. The van der Waals surface area contributed by atoms with Crippen LogP contribution in [0.5, 0.6) is 0 Å². The van der Waals surface area contributed by atoms with Crippen molar-refractivity contribution in [3.05, 3.63) is 32.9 Å². The Labute approximate surface area is 178 Å². The molecule has 1 amide bonds. The van der Waals surface area contributed by atoms with Crippen molar-refractivity contribution in [1.29, 1.82) is 0 Å². The minimum Gasteiger partial charge on any atom is -0.462 e. The number of aromatic nitrogens is 2. The van der Waals surface area contributed by atoms with Gasteiger partial charge in [0.2, 0.25) is 5.91 Å². The molecule has 2 rings (SSSR count). The molecule has 8 nitrogen and oxygen atoms in total. The van der Waals surface area contributed by atoms with Crippen molar-refractivity contribution in [3.63, 3.8) is 0 Å². The largest absolute Gasteiger partial charge is 0.462 e. The number of nitrogens with zero attached hydrogens (tertiary/aromatic N) is 2. The number of hydrogen-bond acceptors (Lipinski definition) is 7. The van der Waals surface area contributed by atoms with E-state index in [0.717, 1.165) is 11.3 Å². The highest BCUT2D eigenvalue weighted by Gasteiger charge is 2.27. The Hall–Kier alpha value is -2.39. The van der Waals surface area contributed by atoms with Gasteiger partial charge in [0, 0.05) is 19.2 Å². The van der Waals surface area contributed by atoms with Crippen molar-refractivity contribution in [2.75, 3.05) is 11.9 Å². The number of esters is 2. The number of halogens is 1. The van der Waals surface area contributed by atoms with Crippen molar-refractivity contribution < 1.29 is 23.9 Å². The van der Waals surface area contributed by atoms with Crippen molar-refractivity contribution in [3.8, 4) is 0 Å². The third kappa shape index (κ3) is 5.80. The van der Waals surface area contributed by atoms with Gasteiger partial charge in [-0.2, -0.15) is 5.10 Å². The van der Waals surface area contributed by atoms with E-state index in [1.807, 2.05) is 0 Å². The minimum absolute atomic E-state index is 0.113. The molecule has 29 heavy (non-hydrogen) atoms. The van der Waals surface area contributed by atoms with E-state index in [-0.39, 0.29) is 40.5 Å². The lowest BCUT2D eigenvalue weighted by atomic mass is 10.1. The van der Waals surface area contributed by atoms with Crippen LogP contribution in [0.2, 0.25) is 5.02 Å². The van der Waals surface area contributed by atoms with E-state index in [2.05, 4.69) is 10.4 Å². The second-order valence-electron chi connectivity index (χ2n) is 6.56. The number of thiophene rings is 1. The standard InChI is InChI=1S/C19H24ClN3O5S/c1-6-27-19(26)16-11(4)15(18(25)28-10(2)3)17(29-16)21-14(24)7-8-23-9-13(20)12(5)22-23/h9-10H,6-8H2,1-5H3,(H,21,24). The molecule has 0 unspecified atom stereocenters. The van der Waals surface area contributed by atoms with E-state index >= 15 is 0 Å². The molecule has 158 valence electrons. The van der Waals surface area contributed by atoms with Crippen LogP contribution in [-0.4, -0.2) is 40.3 Å². The molecule has 1 N–H and O–H groups in total. The van der Waals surface area contributed by atoms with Crippen molar-refractivity contribution in [1.82, 2.24) is 9.78 Å². The van der Waals surface area contributed by atoms with E-state index in [1.54, 1.807) is 45.5 Å². The summed E-state index contributed by atoms with van der Waals surface area (Å²) in [6, 6.07) is 0. The maximum absolute atomic E-state index is 12.5. The second-order valence-corrected chi connectivity index (χ2v) is 7.99. The Kier molecular flexibility index (Phi) is 7.80. The normalized spacial score (nSPS) is 10.9. The molecule has 0 aliphatic carbocycles. The maximum atomic E-state index is 12.5. The number of ether oxygens (including phenoxy) is 2. The SMILES string of the molecule is CCOC(=O)c1sc(NC(=O)CCn2cc(Cl)c(C)n2)c(C(=O)OC(C)C)c1C. The predicted octanol–water partition coefficient (Wildman–Crippen LogP) is 3.99. The minimum atomic E-state index is -0.603. The zero-order chi connectivity index (χ0) is 21.7. The highest BCUT2D eigenvalue weighted by atomic mass is 35.5. The van der Waals surface area contributed by atoms with Gasteiger partial charge < -0.3 is 14.8 Å². The van der Waals surface area contributed by atoms with Crippen molar-refractivity contribution in [2.24, 2.45) is 0 Å². The van der Waals surface area contributed by atoms with Gasteiger partial charge in [-0.15, -0.1) is 11.3 Å². The summed E-state index contributed by atoms with van der Waals surface area (Å²) in [5.41, 5.74) is 1.26. The van der Waals surface area contributed by atoms with E-state index in [9.17, 15) is 14.4 Å². The monoisotopic (exact) mass is 441 g/mol. The van der Waals surface area contributed by atoms with Crippen LogP contribution in [0.3, 0.4) is 0 Å². The lowest BCUT2D eigenvalue weighted by Gasteiger charge is -2.10. The molecule has 2 aromatic rings. The molecule has 0 bridgehead atoms. The van der Waals surface area contributed by atoms with Crippen LogP contribution in [0.25, 0.3) is 0 Å². The number of aryl methyl sites for hydroxylation is 2. The summed E-state index contributed by atoms with van der Waals surface area (Å²) >= 11 is 6.96. The molecule has 0 saturated carbocycles. The summed E-state index contributed by atoms with van der Waals surface area (Å²) in [7, 11) is 0. The Morgan fingerprint density at radius 1 is 1.28 bits per heavy atom. The van der Waals surface area contributed by atoms with Gasteiger partial charge in [-0.1, -0.05) is 11.6 Å². The van der Waals surface area contributed by atoms with Gasteiger partial charge in [-0.3, -0.25) is 9.48 Å². The lowest BCUT2D eigenvalue weighted by Crippen LogP contribution is -2.18. The summed E-state index contributed by atoms with van der Waals surface area (Å²) < 4.78 is 11.9. The van der Waals surface area contributed by atoms with Crippen LogP contribution < -0.4 is 5.32 Å². The summed E-state index contributed by atoms with van der Waals surface area (Å²) in [5, 5.41) is 7.70. The van der Waals surface area contributed by atoms with E-state index in [4.69, 9.17) is 21.1 Å². The lowest BCUT2D eigenvalue weighted by molar-refractivity contribution is -0.116. The second kappa shape index (κ2) is 9.89. The Morgan fingerprint density at radius 2 is 1.97 bits per heavy atom. The quantitative estimate of drug-likeness (QED) is 0.622. The fourth-order valence-electron chi connectivity index (χ4n) is 2.53. The highest BCUT2D eigenvalue weighted by molar-refractivity contribution is 7.18. The number of carbonyl (C=O) groups is 3. The summed E-state index contributed by atoms with van der Waals surface area (Å²) in [4.78, 5) is 37.5.